The van der Waals surface area contributed by atoms with E-state index in [0.29, 0.717) is 0 Å². The first-order valence-electron chi connectivity index (χ1n) is 8.41. The van der Waals surface area contributed by atoms with E-state index < -0.39 is 0 Å². The van der Waals surface area contributed by atoms with E-state index in [1.54, 1.807) is 0 Å². The van der Waals surface area contributed by atoms with Crippen LogP contribution in [0, 0.1) is 23.2 Å². The number of nitrogens with zero attached hydrogens (tertiary/aromatic N) is 1. The van der Waals surface area contributed by atoms with E-state index in [4.69, 9.17) is 0 Å². The lowest BCUT2D eigenvalue weighted by Gasteiger charge is -2.59. The van der Waals surface area contributed by atoms with Crippen LogP contribution >= 0.6 is 0 Å². The molecular weight excluding hydrogens is 278 g/mol. The minimum Gasteiger partial charge on any atom is -0.348 e. The Hall–Kier alpha value is -1.65. The van der Waals surface area contributed by atoms with E-state index in [9.17, 15) is 9.59 Å². The van der Waals surface area contributed by atoms with Crippen molar-refractivity contribution in [3.05, 3.63) is 28.2 Å². The molecule has 4 aliphatic rings. The summed E-state index contributed by atoms with van der Waals surface area (Å²) in [5.74, 6) is 2.44. The average molecular weight is 301 g/mol. The third-order valence-corrected chi connectivity index (χ3v) is 6.26. The van der Waals surface area contributed by atoms with Crippen molar-refractivity contribution in [1.29, 1.82) is 0 Å². The summed E-state index contributed by atoms with van der Waals surface area (Å²) in [6.45, 7) is 2.15. The van der Waals surface area contributed by atoms with Crippen LogP contribution in [-0.2, 0) is 0 Å². The fraction of sp³-hybridized carbons (Fsp3) is 0.706. The molecule has 0 spiro atoms. The molecule has 4 fully saturated rings. The lowest BCUT2D eigenvalue weighted by Crippen LogP contribution is -2.55. The topological polar surface area (TPSA) is 74.8 Å². The number of aromatic amines is 1. The SMILES string of the molecule is CC(NC(=O)c1ccc(=O)[nH]n1)C12CC3CC(CC(C3)C1)C2. The predicted molar refractivity (Wildman–Crippen MR) is 82.4 cm³/mol. The number of rotatable bonds is 3. The summed E-state index contributed by atoms with van der Waals surface area (Å²) >= 11 is 0. The normalized spacial score (nSPS) is 37.0. The Bertz CT molecular complexity index is 596. The Morgan fingerprint density at radius 1 is 1.23 bits per heavy atom. The van der Waals surface area contributed by atoms with Crippen LogP contribution in [0.25, 0.3) is 0 Å². The lowest BCUT2D eigenvalue weighted by molar-refractivity contribution is -0.0688. The van der Waals surface area contributed by atoms with Crippen LogP contribution in [-0.4, -0.2) is 22.1 Å². The summed E-state index contributed by atoms with van der Waals surface area (Å²) in [7, 11) is 0. The van der Waals surface area contributed by atoms with Crippen LogP contribution in [0.1, 0.15) is 55.9 Å². The van der Waals surface area contributed by atoms with Gasteiger partial charge in [-0.25, -0.2) is 5.10 Å². The number of nitrogens with one attached hydrogen (secondary N) is 2. The zero-order chi connectivity index (χ0) is 15.3. The van der Waals surface area contributed by atoms with Crippen LogP contribution < -0.4 is 10.9 Å². The molecule has 1 heterocycles. The number of hydrogen-bond acceptors (Lipinski definition) is 3. The predicted octanol–water partition coefficient (Wildman–Crippen LogP) is 2.10. The molecule has 1 aromatic rings. The summed E-state index contributed by atoms with van der Waals surface area (Å²) in [6, 6.07) is 3.00. The molecule has 0 aromatic carbocycles. The minimum atomic E-state index is -0.286. The Labute approximate surface area is 129 Å². The Morgan fingerprint density at radius 2 is 1.82 bits per heavy atom. The van der Waals surface area contributed by atoms with Crippen LogP contribution in [0.2, 0.25) is 0 Å². The van der Waals surface area contributed by atoms with E-state index in [1.807, 2.05) is 0 Å². The maximum atomic E-state index is 12.4. The van der Waals surface area contributed by atoms with Crippen LogP contribution in [0.5, 0.6) is 0 Å². The standard InChI is InChI=1S/C17H23N3O2/c1-10(18-16(22)14-2-3-15(21)20-19-14)17-7-11-4-12(8-17)6-13(5-11)9-17/h2-3,10-13H,4-9H2,1H3,(H,18,22)(H,20,21). The number of amides is 1. The fourth-order valence-corrected chi connectivity index (χ4v) is 5.60. The number of H-pyrrole nitrogens is 1. The third-order valence-electron chi connectivity index (χ3n) is 6.26. The molecule has 0 saturated heterocycles. The quantitative estimate of drug-likeness (QED) is 0.898. The second kappa shape index (κ2) is 4.93. The van der Waals surface area contributed by atoms with Gasteiger partial charge in [-0.2, -0.15) is 5.10 Å². The van der Waals surface area contributed by atoms with Crippen molar-refractivity contribution >= 4 is 5.91 Å². The first kappa shape index (κ1) is 14.0. The van der Waals surface area contributed by atoms with Crippen LogP contribution in [0.3, 0.4) is 0 Å². The van der Waals surface area contributed by atoms with Gasteiger partial charge in [0.25, 0.3) is 11.5 Å². The summed E-state index contributed by atoms with van der Waals surface area (Å²) in [5, 5.41) is 9.30. The largest absolute Gasteiger partial charge is 0.348 e. The molecule has 4 saturated carbocycles. The maximum absolute atomic E-state index is 12.4. The molecular formula is C17H23N3O2. The monoisotopic (exact) mass is 301 g/mol. The van der Waals surface area contributed by atoms with Gasteiger partial charge in [-0.05, 0) is 74.7 Å². The highest BCUT2D eigenvalue weighted by Gasteiger charge is 2.53. The Morgan fingerprint density at radius 3 is 2.32 bits per heavy atom. The van der Waals surface area contributed by atoms with Crippen molar-refractivity contribution in [3.63, 3.8) is 0 Å². The smallest absolute Gasteiger partial charge is 0.271 e. The van der Waals surface area contributed by atoms with Gasteiger partial charge < -0.3 is 5.32 Å². The zero-order valence-electron chi connectivity index (χ0n) is 13.0. The molecule has 118 valence electrons. The molecule has 1 amide bonds. The molecule has 4 bridgehead atoms. The Balaban J connectivity index is 1.50. The first-order valence-corrected chi connectivity index (χ1v) is 8.41. The Kier molecular flexibility index (Phi) is 3.13. The molecule has 1 unspecified atom stereocenters. The van der Waals surface area contributed by atoms with Gasteiger partial charge >= 0.3 is 0 Å². The minimum absolute atomic E-state index is 0.169. The van der Waals surface area contributed by atoms with Crippen molar-refractivity contribution in [2.24, 2.45) is 23.2 Å². The molecule has 5 nitrogen and oxygen atoms in total. The first-order chi connectivity index (χ1) is 10.5. The number of carbonyl (C=O) groups is 1. The molecule has 22 heavy (non-hydrogen) atoms. The zero-order valence-corrected chi connectivity index (χ0v) is 13.0. The second-order valence-electron chi connectivity index (χ2n) is 7.78. The summed E-state index contributed by atoms with van der Waals surface area (Å²) in [4.78, 5) is 23.4. The average Bonchev–Trinajstić information content (AvgIpc) is 2.46. The summed E-state index contributed by atoms with van der Waals surface area (Å²) in [6.07, 6.45) is 8.00. The third kappa shape index (κ3) is 2.27. The molecule has 4 aliphatic carbocycles. The lowest BCUT2D eigenvalue weighted by atomic mass is 9.48. The van der Waals surface area contributed by atoms with E-state index in [1.165, 1.54) is 50.7 Å². The van der Waals surface area contributed by atoms with E-state index in [2.05, 4.69) is 22.4 Å². The van der Waals surface area contributed by atoms with E-state index >= 15 is 0 Å². The second-order valence-corrected chi connectivity index (χ2v) is 7.78. The van der Waals surface area contributed by atoms with Gasteiger partial charge in [0.2, 0.25) is 0 Å². The maximum Gasteiger partial charge on any atom is 0.271 e. The highest BCUT2D eigenvalue weighted by Crippen LogP contribution is 2.61. The molecule has 2 N–H and O–H groups in total. The van der Waals surface area contributed by atoms with Gasteiger partial charge in [0.1, 0.15) is 5.69 Å². The van der Waals surface area contributed by atoms with Gasteiger partial charge in [-0.3, -0.25) is 9.59 Å². The summed E-state index contributed by atoms with van der Waals surface area (Å²) < 4.78 is 0. The van der Waals surface area contributed by atoms with Crippen LogP contribution in [0.15, 0.2) is 16.9 Å². The van der Waals surface area contributed by atoms with Crippen molar-refractivity contribution in [3.8, 4) is 0 Å². The van der Waals surface area contributed by atoms with Crippen molar-refractivity contribution in [2.75, 3.05) is 0 Å². The van der Waals surface area contributed by atoms with Crippen molar-refractivity contribution in [2.45, 2.75) is 51.5 Å². The molecule has 5 rings (SSSR count). The highest BCUT2D eigenvalue weighted by molar-refractivity contribution is 5.92. The van der Waals surface area contributed by atoms with E-state index in [0.717, 1.165) is 17.8 Å². The molecule has 5 heteroatoms. The highest BCUT2D eigenvalue weighted by atomic mass is 16.2. The molecule has 1 atom stereocenters. The van der Waals surface area contributed by atoms with Gasteiger partial charge in [0, 0.05) is 12.1 Å². The van der Waals surface area contributed by atoms with Gasteiger partial charge in [-0.15, -0.1) is 0 Å². The van der Waals surface area contributed by atoms with Crippen molar-refractivity contribution < 1.29 is 4.79 Å². The molecule has 1 aromatic heterocycles. The van der Waals surface area contributed by atoms with Gasteiger partial charge in [0.05, 0.1) is 0 Å². The number of hydrogen-bond donors (Lipinski definition) is 2. The molecule has 0 aliphatic heterocycles. The molecule has 0 radical (unpaired) electrons. The number of carbonyl (C=O) groups excluding carboxylic acids is 1. The van der Waals surface area contributed by atoms with Gasteiger partial charge in [-0.1, -0.05) is 0 Å². The van der Waals surface area contributed by atoms with E-state index in [-0.39, 0.29) is 28.6 Å². The number of aromatic nitrogens is 2. The van der Waals surface area contributed by atoms with Crippen LogP contribution in [0.4, 0.5) is 0 Å². The van der Waals surface area contributed by atoms with Gasteiger partial charge in [0.15, 0.2) is 0 Å². The summed E-state index contributed by atoms with van der Waals surface area (Å²) in [5.41, 5.74) is 0.286. The fourth-order valence-electron chi connectivity index (χ4n) is 5.60. The van der Waals surface area contributed by atoms with Crippen molar-refractivity contribution in [1.82, 2.24) is 15.5 Å².